The number of hydroxylamine groups is 1. The highest BCUT2D eigenvalue weighted by Gasteiger charge is 2.12. The summed E-state index contributed by atoms with van der Waals surface area (Å²) < 4.78 is 0. The van der Waals surface area contributed by atoms with Gasteiger partial charge in [-0.3, -0.25) is 4.98 Å². The van der Waals surface area contributed by atoms with E-state index in [4.69, 9.17) is 4.84 Å². The Morgan fingerprint density at radius 1 is 1.06 bits per heavy atom. The van der Waals surface area contributed by atoms with Crippen LogP contribution in [-0.4, -0.2) is 4.98 Å². The van der Waals surface area contributed by atoms with Gasteiger partial charge in [0.2, 0.25) is 0 Å². The van der Waals surface area contributed by atoms with Gasteiger partial charge >= 0.3 is 0 Å². The maximum atomic E-state index is 5.42. The SMILES string of the molecule is C1=Cc2c(ccc3ccc4ncccc4c23)ON1. The molecule has 0 fully saturated rings. The Kier molecular flexibility index (Phi) is 1.83. The predicted octanol–water partition coefficient (Wildman–Crippen LogP) is 3.26. The first-order valence-electron chi connectivity index (χ1n) is 5.83. The number of hydrogen-bond donors (Lipinski definition) is 1. The van der Waals surface area contributed by atoms with E-state index in [-0.39, 0.29) is 0 Å². The zero-order valence-electron chi connectivity index (χ0n) is 9.55. The van der Waals surface area contributed by atoms with E-state index in [0.29, 0.717) is 0 Å². The quantitative estimate of drug-likeness (QED) is 0.606. The van der Waals surface area contributed by atoms with Gasteiger partial charge in [0.25, 0.3) is 0 Å². The number of nitrogens with zero attached hydrogens (tertiary/aromatic N) is 1. The molecule has 0 amide bonds. The molecule has 0 aliphatic carbocycles. The summed E-state index contributed by atoms with van der Waals surface area (Å²) in [7, 11) is 0. The van der Waals surface area contributed by atoms with Crippen LogP contribution >= 0.6 is 0 Å². The van der Waals surface area contributed by atoms with Crippen LogP contribution in [0.5, 0.6) is 5.75 Å². The Morgan fingerprint density at radius 2 is 2.00 bits per heavy atom. The highest BCUT2D eigenvalue weighted by atomic mass is 16.6. The summed E-state index contributed by atoms with van der Waals surface area (Å²) in [6.07, 6.45) is 5.65. The smallest absolute Gasteiger partial charge is 0.162 e. The molecular weight excluding hydrogens is 224 g/mol. The van der Waals surface area contributed by atoms with Crippen molar-refractivity contribution in [1.82, 2.24) is 10.5 Å². The van der Waals surface area contributed by atoms with E-state index >= 15 is 0 Å². The third-order valence-corrected chi connectivity index (χ3v) is 3.25. The molecule has 0 saturated carbocycles. The lowest BCUT2D eigenvalue weighted by Gasteiger charge is -2.15. The van der Waals surface area contributed by atoms with Crippen LogP contribution in [0, 0.1) is 0 Å². The average Bonchev–Trinajstić information content (AvgIpc) is 2.46. The van der Waals surface area contributed by atoms with Gasteiger partial charge in [-0.1, -0.05) is 18.2 Å². The molecule has 86 valence electrons. The third-order valence-electron chi connectivity index (χ3n) is 3.25. The standard InChI is InChI=1S/C15H10N2O/c1-2-11-13(16-8-1)5-3-10-4-6-14-12(15(10)11)7-9-17-18-14/h1-9,17H. The normalized spacial score (nSPS) is 13.1. The van der Waals surface area contributed by atoms with Crippen molar-refractivity contribution in [2.75, 3.05) is 0 Å². The van der Waals surface area contributed by atoms with Crippen LogP contribution in [0.1, 0.15) is 5.56 Å². The van der Waals surface area contributed by atoms with E-state index < -0.39 is 0 Å². The first-order chi connectivity index (χ1) is 8.93. The fraction of sp³-hybridized carbons (Fsp3) is 0. The molecule has 0 bridgehead atoms. The lowest BCUT2D eigenvalue weighted by molar-refractivity contribution is 0.239. The maximum absolute atomic E-state index is 5.42. The van der Waals surface area contributed by atoms with Gasteiger partial charge in [-0.25, -0.2) is 5.48 Å². The summed E-state index contributed by atoms with van der Waals surface area (Å²) in [5, 5.41) is 3.54. The highest BCUT2D eigenvalue weighted by Crippen LogP contribution is 2.34. The highest BCUT2D eigenvalue weighted by molar-refractivity contribution is 6.11. The lowest BCUT2D eigenvalue weighted by Crippen LogP contribution is -2.14. The lowest BCUT2D eigenvalue weighted by atomic mass is 9.99. The molecular formula is C15H10N2O. The Morgan fingerprint density at radius 3 is 3.00 bits per heavy atom. The van der Waals surface area contributed by atoms with Crippen LogP contribution < -0.4 is 10.3 Å². The first-order valence-corrected chi connectivity index (χ1v) is 5.83. The van der Waals surface area contributed by atoms with Gasteiger partial charge in [-0.15, -0.1) is 0 Å². The van der Waals surface area contributed by atoms with E-state index in [1.54, 1.807) is 6.20 Å². The molecule has 1 aliphatic rings. The Balaban J connectivity index is 2.26. The second kappa shape index (κ2) is 3.47. The predicted molar refractivity (Wildman–Crippen MR) is 72.0 cm³/mol. The van der Waals surface area contributed by atoms with Crippen molar-refractivity contribution in [3.05, 3.63) is 54.4 Å². The van der Waals surface area contributed by atoms with Gasteiger partial charge in [-0.2, -0.15) is 0 Å². The molecule has 2 aromatic carbocycles. The molecule has 0 saturated heterocycles. The zero-order chi connectivity index (χ0) is 11.9. The van der Waals surface area contributed by atoms with Crippen LogP contribution in [0.3, 0.4) is 0 Å². The molecule has 1 N–H and O–H groups in total. The Hall–Kier alpha value is -2.55. The van der Waals surface area contributed by atoms with Crippen LogP contribution in [0.4, 0.5) is 0 Å². The average molecular weight is 234 g/mol. The minimum Gasteiger partial charge on any atom is -0.382 e. The molecule has 1 aliphatic heterocycles. The molecule has 1 aromatic heterocycles. The molecule has 18 heavy (non-hydrogen) atoms. The van der Waals surface area contributed by atoms with Gasteiger partial charge in [0, 0.05) is 28.7 Å². The van der Waals surface area contributed by atoms with Crippen molar-refractivity contribution < 1.29 is 4.84 Å². The van der Waals surface area contributed by atoms with Crippen LogP contribution in [0.25, 0.3) is 27.8 Å². The summed E-state index contributed by atoms with van der Waals surface area (Å²) >= 11 is 0. The van der Waals surface area contributed by atoms with E-state index in [1.165, 1.54) is 10.8 Å². The topological polar surface area (TPSA) is 34.1 Å². The van der Waals surface area contributed by atoms with Gasteiger partial charge in [-0.05, 0) is 29.7 Å². The van der Waals surface area contributed by atoms with Crippen LogP contribution in [0.15, 0.2) is 48.8 Å². The number of aromatic nitrogens is 1. The summed E-state index contributed by atoms with van der Waals surface area (Å²) in [6, 6.07) is 12.3. The minimum atomic E-state index is 0.848. The van der Waals surface area contributed by atoms with E-state index in [2.05, 4.69) is 34.7 Å². The minimum absolute atomic E-state index is 0.848. The summed E-state index contributed by atoms with van der Waals surface area (Å²) in [4.78, 5) is 9.82. The van der Waals surface area contributed by atoms with Gasteiger partial charge in [0.05, 0.1) is 5.52 Å². The van der Waals surface area contributed by atoms with Crippen molar-refractivity contribution in [3.8, 4) is 5.75 Å². The number of benzene rings is 2. The van der Waals surface area contributed by atoms with Crippen molar-refractivity contribution in [1.29, 1.82) is 0 Å². The van der Waals surface area contributed by atoms with Gasteiger partial charge in [0.1, 0.15) is 0 Å². The first kappa shape index (κ1) is 9.48. The Labute approximate surface area is 104 Å². The summed E-state index contributed by atoms with van der Waals surface area (Å²) in [5.74, 6) is 0.848. The summed E-state index contributed by atoms with van der Waals surface area (Å²) in [6.45, 7) is 0. The molecule has 3 heteroatoms. The molecule has 3 nitrogen and oxygen atoms in total. The fourth-order valence-electron chi connectivity index (χ4n) is 2.46. The van der Waals surface area contributed by atoms with Crippen molar-refractivity contribution in [2.45, 2.75) is 0 Å². The van der Waals surface area contributed by atoms with Crippen molar-refractivity contribution in [3.63, 3.8) is 0 Å². The second-order valence-electron chi connectivity index (χ2n) is 4.26. The zero-order valence-corrected chi connectivity index (χ0v) is 9.55. The van der Waals surface area contributed by atoms with Crippen LogP contribution in [0.2, 0.25) is 0 Å². The van der Waals surface area contributed by atoms with Gasteiger partial charge in [0.15, 0.2) is 5.75 Å². The number of hydrogen-bond acceptors (Lipinski definition) is 3. The van der Waals surface area contributed by atoms with Crippen LogP contribution in [-0.2, 0) is 0 Å². The molecule has 0 radical (unpaired) electrons. The largest absolute Gasteiger partial charge is 0.382 e. The van der Waals surface area contributed by atoms with Crippen molar-refractivity contribution >= 4 is 27.8 Å². The Bertz CT molecular complexity index is 793. The molecule has 0 unspecified atom stereocenters. The molecule has 0 atom stereocenters. The third kappa shape index (κ3) is 1.21. The van der Waals surface area contributed by atoms with E-state index in [9.17, 15) is 0 Å². The number of nitrogens with one attached hydrogen (secondary N) is 1. The number of pyridine rings is 1. The van der Waals surface area contributed by atoms with Gasteiger partial charge < -0.3 is 4.84 Å². The fourth-order valence-corrected chi connectivity index (χ4v) is 2.46. The molecule has 0 spiro atoms. The van der Waals surface area contributed by atoms with E-state index in [0.717, 1.165) is 22.2 Å². The maximum Gasteiger partial charge on any atom is 0.162 e. The summed E-state index contributed by atoms with van der Waals surface area (Å²) in [5.41, 5.74) is 4.86. The molecule has 2 heterocycles. The molecule has 4 rings (SSSR count). The molecule has 3 aromatic rings. The number of fused-ring (bicyclic) bond motifs is 5. The monoisotopic (exact) mass is 234 g/mol. The van der Waals surface area contributed by atoms with Crippen molar-refractivity contribution in [2.24, 2.45) is 0 Å². The number of rotatable bonds is 0. The van der Waals surface area contributed by atoms with E-state index in [1.807, 2.05) is 24.4 Å². The second-order valence-corrected chi connectivity index (χ2v) is 4.26.